The van der Waals surface area contributed by atoms with Crippen LogP contribution in [0.5, 0.6) is 0 Å². The predicted octanol–water partition coefficient (Wildman–Crippen LogP) is 3.56. The third-order valence-electron chi connectivity index (χ3n) is 1.44. The first-order chi connectivity index (χ1) is 5.41. The van der Waals surface area contributed by atoms with Gasteiger partial charge in [-0.05, 0) is 12.8 Å². The predicted molar refractivity (Wildman–Crippen MR) is 52.1 cm³/mol. The van der Waals surface area contributed by atoms with Crippen LogP contribution in [0.15, 0.2) is 17.3 Å². The second kappa shape index (κ2) is 9.41. The summed E-state index contributed by atoms with van der Waals surface area (Å²) in [5.74, 6) is 0. The summed E-state index contributed by atoms with van der Waals surface area (Å²) in [4.78, 5) is 4.13. The van der Waals surface area contributed by atoms with E-state index in [1.165, 1.54) is 25.7 Å². The van der Waals surface area contributed by atoms with E-state index in [0.717, 1.165) is 6.42 Å². The molecule has 0 aliphatic rings. The van der Waals surface area contributed by atoms with Crippen molar-refractivity contribution in [3.05, 3.63) is 12.3 Å². The van der Waals surface area contributed by atoms with E-state index < -0.39 is 0 Å². The fourth-order valence-electron chi connectivity index (χ4n) is 0.722. The second-order valence-electron chi connectivity index (χ2n) is 2.65. The Hall–Kier alpha value is -0.590. The molecule has 0 aromatic heterocycles. The molecule has 0 amide bonds. The number of aliphatic imine (C=N–C) groups is 1. The molecule has 0 fully saturated rings. The van der Waals surface area contributed by atoms with Crippen LogP contribution in [-0.2, 0) is 0 Å². The first kappa shape index (κ1) is 10.4. The van der Waals surface area contributed by atoms with Crippen molar-refractivity contribution < 1.29 is 0 Å². The SMILES string of the molecule is CCCC=NC=CCCCC. The Morgan fingerprint density at radius 2 is 1.91 bits per heavy atom. The van der Waals surface area contributed by atoms with Gasteiger partial charge in [0, 0.05) is 12.4 Å². The molecule has 0 radical (unpaired) electrons. The molecule has 0 N–H and O–H groups in total. The molecule has 1 heteroatoms. The summed E-state index contributed by atoms with van der Waals surface area (Å²) in [5.41, 5.74) is 0. The normalized spacial score (nSPS) is 11.8. The van der Waals surface area contributed by atoms with Crippen LogP contribution in [0.4, 0.5) is 0 Å². The van der Waals surface area contributed by atoms with E-state index in [1.807, 2.05) is 12.4 Å². The van der Waals surface area contributed by atoms with Crippen molar-refractivity contribution in [1.82, 2.24) is 0 Å². The highest BCUT2D eigenvalue weighted by molar-refractivity contribution is 5.57. The van der Waals surface area contributed by atoms with Gasteiger partial charge in [0.2, 0.25) is 0 Å². The van der Waals surface area contributed by atoms with Gasteiger partial charge < -0.3 is 0 Å². The fourth-order valence-corrected chi connectivity index (χ4v) is 0.722. The van der Waals surface area contributed by atoms with E-state index in [4.69, 9.17) is 0 Å². The Bertz CT molecular complexity index is 114. The number of unbranched alkanes of at least 4 members (excludes halogenated alkanes) is 3. The summed E-state index contributed by atoms with van der Waals surface area (Å²) in [7, 11) is 0. The zero-order valence-electron chi connectivity index (χ0n) is 7.71. The topological polar surface area (TPSA) is 12.4 Å². The van der Waals surface area contributed by atoms with Crippen LogP contribution >= 0.6 is 0 Å². The Balaban J connectivity index is 3.14. The Morgan fingerprint density at radius 1 is 1.09 bits per heavy atom. The Kier molecular flexibility index (Phi) is 8.91. The lowest BCUT2D eigenvalue weighted by atomic mass is 10.2. The maximum atomic E-state index is 4.13. The highest BCUT2D eigenvalue weighted by atomic mass is 14.7. The molecule has 0 rings (SSSR count). The number of hydrogen-bond acceptors (Lipinski definition) is 1. The van der Waals surface area contributed by atoms with Gasteiger partial charge in [-0.25, -0.2) is 0 Å². The maximum Gasteiger partial charge on any atom is 0.0223 e. The fraction of sp³-hybridized carbons (Fsp3) is 0.700. The van der Waals surface area contributed by atoms with E-state index in [9.17, 15) is 0 Å². The van der Waals surface area contributed by atoms with E-state index in [-0.39, 0.29) is 0 Å². The minimum atomic E-state index is 1.10. The smallest absolute Gasteiger partial charge is 0.0223 e. The zero-order valence-corrected chi connectivity index (χ0v) is 7.71. The number of allylic oxidation sites excluding steroid dienone is 1. The maximum absolute atomic E-state index is 4.13. The van der Waals surface area contributed by atoms with Crippen LogP contribution in [0.3, 0.4) is 0 Å². The molecule has 0 bridgehead atoms. The lowest BCUT2D eigenvalue weighted by molar-refractivity contribution is 0.814. The summed E-state index contributed by atoms with van der Waals surface area (Å²) in [6.45, 7) is 4.36. The lowest BCUT2D eigenvalue weighted by Gasteiger charge is -1.85. The molecule has 0 unspecified atom stereocenters. The quantitative estimate of drug-likeness (QED) is 0.408. The van der Waals surface area contributed by atoms with Crippen LogP contribution in [0.1, 0.15) is 46.0 Å². The molecule has 1 nitrogen and oxygen atoms in total. The van der Waals surface area contributed by atoms with Gasteiger partial charge in [0.05, 0.1) is 0 Å². The molecule has 0 heterocycles. The molecular weight excluding hydrogens is 134 g/mol. The first-order valence-electron chi connectivity index (χ1n) is 4.58. The molecule has 0 atom stereocenters. The van der Waals surface area contributed by atoms with Crippen molar-refractivity contribution >= 4 is 6.21 Å². The number of nitrogens with zero attached hydrogens (tertiary/aromatic N) is 1. The van der Waals surface area contributed by atoms with Gasteiger partial charge in [0.25, 0.3) is 0 Å². The Labute approximate surface area is 70.2 Å². The van der Waals surface area contributed by atoms with Crippen LogP contribution in [0.25, 0.3) is 0 Å². The molecule has 64 valence electrons. The van der Waals surface area contributed by atoms with Crippen molar-refractivity contribution in [3.63, 3.8) is 0 Å². The summed E-state index contributed by atoms with van der Waals surface area (Å²) in [6, 6.07) is 0. The van der Waals surface area contributed by atoms with Crippen molar-refractivity contribution in [1.29, 1.82) is 0 Å². The number of rotatable bonds is 6. The van der Waals surface area contributed by atoms with Gasteiger partial charge in [0.15, 0.2) is 0 Å². The van der Waals surface area contributed by atoms with Crippen molar-refractivity contribution in [2.45, 2.75) is 46.0 Å². The summed E-state index contributed by atoms with van der Waals surface area (Å²) >= 11 is 0. The van der Waals surface area contributed by atoms with Gasteiger partial charge in [-0.1, -0.05) is 39.2 Å². The van der Waals surface area contributed by atoms with Crippen LogP contribution in [0.2, 0.25) is 0 Å². The molecule has 0 aromatic carbocycles. The molecule has 0 aliphatic carbocycles. The van der Waals surface area contributed by atoms with Crippen molar-refractivity contribution in [2.75, 3.05) is 0 Å². The molecule has 0 aromatic rings. The third-order valence-corrected chi connectivity index (χ3v) is 1.44. The van der Waals surface area contributed by atoms with E-state index in [1.54, 1.807) is 0 Å². The highest BCUT2D eigenvalue weighted by Gasteiger charge is 1.75. The lowest BCUT2D eigenvalue weighted by Crippen LogP contribution is -1.70. The third kappa shape index (κ3) is 9.41. The van der Waals surface area contributed by atoms with Crippen LogP contribution in [-0.4, -0.2) is 6.21 Å². The number of hydrogen-bond donors (Lipinski definition) is 0. The van der Waals surface area contributed by atoms with E-state index in [0.29, 0.717) is 0 Å². The van der Waals surface area contributed by atoms with Crippen LogP contribution < -0.4 is 0 Å². The zero-order chi connectivity index (χ0) is 8.36. The molecule has 0 aliphatic heterocycles. The van der Waals surface area contributed by atoms with Crippen molar-refractivity contribution in [3.8, 4) is 0 Å². The largest absolute Gasteiger partial charge is 0.269 e. The van der Waals surface area contributed by atoms with Crippen molar-refractivity contribution in [2.24, 2.45) is 4.99 Å². The minimum absolute atomic E-state index is 1.10. The van der Waals surface area contributed by atoms with Gasteiger partial charge in [-0.3, -0.25) is 4.99 Å². The molecule has 0 saturated carbocycles. The van der Waals surface area contributed by atoms with Gasteiger partial charge in [-0.2, -0.15) is 0 Å². The van der Waals surface area contributed by atoms with Gasteiger partial charge in [0.1, 0.15) is 0 Å². The average molecular weight is 153 g/mol. The molecular formula is C10H19N. The summed E-state index contributed by atoms with van der Waals surface area (Å²) in [6.07, 6.45) is 12.0. The minimum Gasteiger partial charge on any atom is -0.269 e. The highest BCUT2D eigenvalue weighted by Crippen LogP contribution is 1.94. The molecule has 0 saturated heterocycles. The molecule has 11 heavy (non-hydrogen) atoms. The second-order valence-corrected chi connectivity index (χ2v) is 2.65. The Morgan fingerprint density at radius 3 is 2.55 bits per heavy atom. The first-order valence-corrected chi connectivity index (χ1v) is 4.58. The van der Waals surface area contributed by atoms with E-state index in [2.05, 4.69) is 24.9 Å². The van der Waals surface area contributed by atoms with Gasteiger partial charge >= 0.3 is 0 Å². The standard InChI is InChI=1S/C10H19N/c1-3-5-7-8-10-11-9-6-4-2/h8-10H,3-7H2,1-2H3. The average Bonchev–Trinajstić information content (AvgIpc) is 2.03. The van der Waals surface area contributed by atoms with Gasteiger partial charge in [-0.15, -0.1) is 0 Å². The van der Waals surface area contributed by atoms with E-state index >= 15 is 0 Å². The summed E-state index contributed by atoms with van der Waals surface area (Å²) < 4.78 is 0. The summed E-state index contributed by atoms with van der Waals surface area (Å²) in [5, 5.41) is 0. The monoisotopic (exact) mass is 153 g/mol. The molecule has 0 spiro atoms. The van der Waals surface area contributed by atoms with Crippen LogP contribution in [0, 0.1) is 0 Å².